The number of piperazine rings is 1. The average Bonchev–Trinajstić information content (AvgIpc) is 3.62. The van der Waals surface area contributed by atoms with E-state index < -0.39 is 5.82 Å². The summed E-state index contributed by atoms with van der Waals surface area (Å²) in [7, 11) is 2.06. The van der Waals surface area contributed by atoms with E-state index in [0.717, 1.165) is 19.4 Å². The molecule has 14 heteroatoms. The van der Waals surface area contributed by atoms with Gasteiger partial charge in [0.15, 0.2) is 5.75 Å². The molecule has 11 nitrogen and oxygen atoms in total. The number of amides is 1. The van der Waals surface area contributed by atoms with Crippen LogP contribution >= 0.6 is 23.2 Å². The highest BCUT2D eigenvalue weighted by molar-refractivity contribution is 6.33. The SMILES string of the molecule is C=CC(=O)N1CCN(c2nc(OC[C@@H]3CCCN3C)nc3c(Oc4c(Cl)c(F)cc5[nH]ncc45)nc(Cl)cc23)CC1. The number of likely N-dealkylation sites (tertiary alicyclic amines) is 1. The molecule has 2 aliphatic rings. The molecule has 1 aromatic carbocycles. The molecule has 0 saturated carbocycles. The summed E-state index contributed by atoms with van der Waals surface area (Å²) in [6.45, 7) is 6.99. The number of pyridine rings is 1. The Morgan fingerprint density at radius 2 is 1.98 bits per heavy atom. The van der Waals surface area contributed by atoms with Gasteiger partial charge in [0.2, 0.25) is 11.8 Å². The number of nitrogens with zero attached hydrogens (tertiary/aromatic N) is 7. The number of nitrogens with one attached hydrogen (secondary N) is 1. The van der Waals surface area contributed by atoms with E-state index in [0.29, 0.717) is 60.4 Å². The minimum atomic E-state index is -0.684. The molecule has 1 amide bonds. The van der Waals surface area contributed by atoms with Gasteiger partial charge in [0.25, 0.3) is 0 Å². The Bertz CT molecular complexity index is 1640. The summed E-state index contributed by atoms with van der Waals surface area (Å²) in [4.78, 5) is 32.0. The van der Waals surface area contributed by atoms with Gasteiger partial charge in [0.1, 0.15) is 33.9 Å². The molecule has 5 heterocycles. The van der Waals surface area contributed by atoms with Crippen LogP contribution in [0.25, 0.3) is 21.8 Å². The summed E-state index contributed by atoms with van der Waals surface area (Å²) in [5.74, 6) is -0.213. The molecule has 41 heavy (non-hydrogen) atoms. The number of aromatic nitrogens is 5. The van der Waals surface area contributed by atoms with Crippen molar-refractivity contribution in [3.8, 4) is 17.6 Å². The lowest BCUT2D eigenvalue weighted by Crippen LogP contribution is -2.48. The van der Waals surface area contributed by atoms with Gasteiger partial charge in [-0.3, -0.25) is 9.89 Å². The lowest BCUT2D eigenvalue weighted by molar-refractivity contribution is -0.126. The van der Waals surface area contributed by atoms with Crippen LogP contribution in [0.2, 0.25) is 10.2 Å². The number of likely N-dealkylation sites (N-methyl/N-ethyl adjacent to an activating group) is 1. The smallest absolute Gasteiger partial charge is 0.319 e. The van der Waals surface area contributed by atoms with Gasteiger partial charge in [0.05, 0.1) is 22.5 Å². The molecule has 4 aromatic rings. The Labute approximate surface area is 244 Å². The summed E-state index contributed by atoms with van der Waals surface area (Å²) in [6, 6.07) is 3.27. The number of fused-ring (bicyclic) bond motifs is 2. The molecule has 0 aliphatic carbocycles. The number of carbonyl (C=O) groups excluding carboxylic acids is 1. The van der Waals surface area contributed by atoms with Crippen molar-refractivity contribution in [2.45, 2.75) is 18.9 Å². The third-order valence-electron chi connectivity index (χ3n) is 7.51. The highest BCUT2D eigenvalue weighted by atomic mass is 35.5. The third kappa shape index (κ3) is 5.34. The predicted octanol–water partition coefficient (Wildman–Crippen LogP) is 4.45. The average molecular weight is 601 g/mol. The molecule has 0 spiro atoms. The maximum Gasteiger partial charge on any atom is 0.319 e. The first kappa shape index (κ1) is 27.4. The van der Waals surface area contributed by atoms with Crippen molar-refractivity contribution >= 4 is 56.7 Å². The maximum absolute atomic E-state index is 14.7. The van der Waals surface area contributed by atoms with Crippen molar-refractivity contribution in [3.05, 3.63) is 47.0 Å². The van der Waals surface area contributed by atoms with Crippen molar-refractivity contribution in [1.82, 2.24) is 34.9 Å². The van der Waals surface area contributed by atoms with E-state index in [1.54, 1.807) is 11.0 Å². The Hall–Kier alpha value is -3.74. The number of ether oxygens (including phenoxy) is 2. The van der Waals surface area contributed by atoms with Crippen LogP contribution in [0.5, 0.6) is 17.6 Å². The van der Waals surface area contributed by atoms with Gasteiger partial charge in [-0.15, -0.1) is 0 Å². The van der Waals surface area contributed by atoms with Crippen molar-refractivity contribution in [3.63, 3.8) is 0 Å². The molecule has 214 valence electrons. The van der Waals surface area contributed by atoms with Gasteiger partial charge >= 0.3 is 6.01 Å². The highest BCUT2D eigenvalue weighted by Gasteiger charge is 2.27. The van der Waals surface area contributed by atoms with Crippen LogP contribution in [0.4, 0.5) is 10.2 Å². The van der Waals surface area contributed by atoms with E-state index in [1.807, 2.05) is 4.90 Å². The van der Waals surface area contributed by atoms with Crippen molar-refractivity contribution in [2.75, 3.05) is 51.3 Å². The standard InChI is InChI=1S/C27H27Cl2FN8O3/c1-3-21(39)37-7-9-38(10-8-37)25-16-11-20(28)32-26(41-24-17-13-31-35-19(17)12-18(30)22(24)29)23(16)33-27(34-25)40-14-15-5-4-6-36(15)2/h3,11-13,15H,1,4-10,14H2,2H3,(H,31,35)/t15-/m0/s1. The van der Waals surface area contributed by atoms with Gasteiger partial charge in [-0.05, 0) is 38.6 Å². The minimum absolute atomic E-state index is 0.00876. The predicted molar refractivity (Wildman–Crippen MR) is 154 cm³/mol. The first-order valence-electron chi connectivity index (χ1n) is 13.2. The second kappa shape index (κ2) is 11.3. The molecule has 2 fully saturated rings. The van der Waals surface area contributed by atoms with Gasteiger partial charge in [-0.1, -0.05) is 29.8 Å². The molecule has 0 bridgehead atoms. The largest absolute Gasteiger partial charge is 0.462 e. The van der Waals surface area contributed by atoms with Crippen molar-refractivity contribution < 1.29 is 18.7 Å². The van der Waals surface area contributed by atoms with E-state index in [4.69, 9.17) is 37.7 Å². The van der Waals surface area contributed by atoms with Crippen LogP contribution in [0.3, 0.4) is 0 Å². The normalized spacial score (nSPS) is 17.9. The molecule has 2 saturated heterocycles. The zero-order valence-electron chi connectivity index (χ0n) is 22.2. The van der Waals surface area contributed by atoms with Gasteiger partial charge < -0.3 is 24.2 Å². The van der Waals surface area contributed by atoms with Gasteiger partial charge in [0, 0.05) is 38.3 Å². The Balaban J connectivity index is 1.43. The molecule has 2 aliphatic heterocycles. The van der Waals surface area contributed by atoms with Gasteiger partial charge in [-0.2, -0.15) is 20.1 Å². The molecule has 1 N–H and O–H groups in total. The number of aromatic amines is 1. The number of H-pyrrole nitrogens is 1. The Kier molecular flexibility index (Phi) is 7.54. The Morgan fingerprint density at radius 3 is 2.71 bits per heavy atom. The summed E-state index contributed by atoms with van der Waals surface area (Å²) in [5.41, 5.74) is 0.718. The zero-order chi connectivity index (χ0) is 28.7. The van der Waals surface area contributed by atoms with E-state index >= 15 is 0 Å². The molecular weight excluding hydrogens is 574 g/mol. The fraction of sp³-hybridized carbons (Fsp3) is 0.370. The number of benzene rings is 1. The zero-order valence-corrected chi connectivity index (χ0v) is 23.8. The molecule has 0 radical (unpaired) electrons. The second-order valence-electron chi connectivity index (χ2n) is 10.0. The maximum atomic E-state index is 14.7. The highest BCUT2D eigenvalue weighted by Crippen LogP contribution is 2.41. The first-order chi connectivity index (χ1) is 19.8. The number of carbonyl (C=O) groups is 1. The van der Waals surface area contributed by atoms with E-state index in [-0.39, 0.29) is 39.8 Å². The molecular formula is C27H27Cl2FN8O3. The summed E-state index contributed by atoms with van der Waals surface area (Å²) in [6.07, 6.45) is 4.91. The first-order valence-corrected chi connectivity index (χ1v) is 13.9. The molecule has 3 aromatic heterocycles. The monoisotopic (exact) mass is 600 g/mol. The van der Waals surface area contributed by atoms with Crippen LogP contribution in [0.15, 0.2) is 31.0 Å². The Morgan fingerprint density at radius 1 is 1.17 bits per heavy atom. The second-order valence-corrected chi connectivity index (χ2v) is 10.8. The van der Waals surface area contributed by atoms with Crippen LogP contribution in [-0.2, 0) is 4.79 Å². The van der Waals surface area contributed by atoms with Crippen molar-refractivity contribution in [2.24, 2.45) is 0 Å². The summed E-state index contributed by atoms with van der Waals surface area (Å²) < 4.78 is 26.9. The lowest BCUT2D eigenvalue weighted by atomic mass is 10.2. The number of anilines is 1. The van der Waals surface area contributed by atoms with Crippen molar-refractivity contribution in [1.29, 1.82) is 0 Å². The van der Waals surface area contributed by atoms with Gasteiger partial charge in [-0.25, -0.2) is 4.39 Å². The molecule has 6 rings (SSSR count). The number of rotatable bonds is 7. The fourth-order valence-corrected chi connectivity index (χ4v) is 5.62. The van der Waals surface area contributed by atoms with Crippen LogP contribution in [-0.4, -0.2) is 93.3 Å². The van der Waals surface area contributed by atoms with E-state index in [1.165, 1.54) is 18.3 Å². The minimum Gasteiger partial charge on any atom is -0.462 e. The van der Waals surface area contributed by atoms with E-state index in [2.05, 4.69) is 38.7 Å². The quantitative estimate of drug-likeness (QED) is 0.243. The number of halogens is 3. The van der Waals surface area contributed by atoms with Crippen LogP contribution in [0.1, 0.15) is 12.8 Å². The number of hydrogen-bond donors (Lipinski definition) is 1. The van der Waals surface area contributed by atoms with Crippen LogP contribution < -0.4 is 14.4 Å². The third-order valence-corrected chi connectivity index (χ3v) is 8.06. The van der Waals surface area contributed by atoms with Crippen LogP contribution in [0, 0.1) is 5.82 Å². The van der Waals surface area contributed by atoms with E-state index in [9.17, 15) is 9.18 Å². The topological polar surface area (TPSA) is 113 Å². The summed E-state index contributed by atoms with van der Waals surface area (Å²) >= 11 is 12.8. The number of hydrogen-bond acceptors (Lipinski definition) is 9. The lowest BCUT2D eigenvalue weighted by Gasteiger charge is -2.35. The summed E-state index contributed by atoms with van der Waals surface area (Å²) in [5, 5.41) is 7.61. The molecule has 1 atom stereocenters. The fourth-order valence-electron chi connectivity index (χ4n) is 5.24. The molecule has 0 unspecified atom stereocenters.